The molecule has 0 radical (unpaired) electrons. The van der Waals surface area contributed by atoms with Crippen molar-refractivity contribution in [2.75, 3.05) is 24.9 Å². The summed E-state index contributed by atoms with van der Waals surface area (Å²) in [6.07, 6.45) is 2.75. The Morgan fingerprint density at radius 1 is 0.966 bits per heavy atom. The molecule has 1 aromatic carbocycles. The highest BCUT2D eigenvalue weighted by atomic mass is 16.5. The van der Waals surface area contributed by atoms with Crippen molar-refractivity contribution in [3.8, 4) is 11.5 Å². The summed E-state index contributed by atoms with van der Waals surface area (Å²) in [5.74, 6) is -1.07. The van der Waals surface area contributed by atoms with Gasteiger partial charge in [-0.1, -0.05) is 6.07 Å². The van der Waals surface area contributed by atoms with E-state index < -0.39 is 17.7 Å². The molecule has 10 heteroatoms. The fraction of sp³-hybridized carbons (Fsp3) is 0.158. The number of nitrogens with zero attached hydrogens (tertiary/aromatic N) is 1. The number of benzene rings is 1. The van der Waals surface area contributed by atoms with Gasteiger partial charge < -0.3 is 25.5 Å². The predicted molar refractivity (Wildman–Crippen MR) is 106 cm³/mol. The fourth-order valence-corrected chi connectivity index (χ4v) is 2.12. The maximum absolute atomic E-state index is 12.1. The number of carbonyl (C=O) groups is 3. The van der Waals surface area contributed by atoms with E-state index in [0.717, 1.165) is 0 Å². The van der Waals surface area contributed by atoms with Crippen LogP contribution in [0.25, 0.3) is 0 Å². The first-order chi connectivity index (χ1) is 13.9. The van der Waals surface area contributed by atoms with Crippen molar-refractivity contribution >= 4 is 29.2 Å². The molecule has 0 spiro atoms. The summed E-state index contributed by atoms with van der Waals surface area (Å²) in [6.45, 7) is 1.54. The van der Waals surface area contributed by atoms with Gasteiger partial charge in [0.25, 0.3) is 5.91 Å². The predicted octanol–water partition coefficient (Wildman–Crippen LogP) is 1.20. The molecule has 0 aliphatic carbocycles. The number of hydrazine groups is 1. The molecule has 0 bridgehead atoms. The van der Waals surface area contributed by atoms with E-state index in [0.29, 0.717) is 28.7 Å². The van der Waals surface area contributed by atoms with Crippen LogP contribution in [-0.2, 0) is 14.4 Å². The zero-order chi connectivity index (χ0) is 21.2. The first kappa shape index (κ1) is 21.2. The summed E-state index contributed by atoms with van der Waals surface area (Å²) in [7, 11) is 2.93. The summed E-state index contributed by atoms with van der Waals surface area (Å²) >= 11 is 0. The molecule has 0 aliphatic rings. The lowest BCUT2D eigenvalue weighted by Crippen LogP contribution is -2.43. The van der Waals surface area contributed by atoms with Crippen LogP contribution in [0, 0.1) is 0 Å². The Balaban J connectivity index is 1.88. The molecule has 0 atom stereocenters. The molecule has 1 aromatic heterocycles. The van der Waals surface area contributed by atoms with Gasteiger partial charge in [-0.15, -0.1) is 0 Å². The average molecular weight is 399 g/mol. The number of hydrogen-bond acceptors (Lipinski definition) is 7. The number of allylic oxidation sites excluding steroid dienone is 1. The summed E-state index contributed by atoms with van der Waals surface area (Å²) in [4.78, 5) is 39.9. The molecular weight excluding hydrogens is 378 g/mol. The first-order valence-corrected chi connectivity index (χ1v) is 8.42. The van der Waals surface area contributed by atoms with E-state index in [1.807, 2.05) is 0 Å². The molecule has 2 aromatic rings. The smallest absolute Gasteiger partial charge is 0.327 e. The van der Waals surface area contributed by atoms with Crippen molar-refractivity contribution in [2.24, 2.45) is 0 Å². The van der Waals surface area contributed by atoms with Gasteiger partial charge in [-0.3, -0.25) is 19.8 Å². The number of nitrogens with one attached hydrogen (secondary N) is 4. The van der Waals surface area contributed by atoms with Crippen LogP contribution in [0.2, 0.25) is 0 Å². The molecule has 0 saturated heterocycles. The number of anilines is 2. The Morgan fingerprint density at radius 2 is 1.76 bits per heavy atom. The molecule has 29 heavy (non-hydrogen) atoms. The minimum absolute atomic E-state index is 0.301. The van der Waals surface area contributed by atoms with Crippen LogP contribution in [0.5, 0.6) is 11.5 Å². The van der Waals surface area contributed by atoms with E-state index in [-0.39, 0.29) is 0 Å². The number of aromatic nitrogens is 1. The lowest BCUT2D eigenvalue weighted by Gasteiger charge is -2.12. The molecule has 2 rings (SSSR count). The van der Waals surface area contributed by atoms with E-state index in [1.54, 1.807) is 49.5 Å². The Kier molecular flexibility index (Phi) is 7.54. The van der Waals surface area contributed by atoms with Gasteiger partial charge in [-0.05, 0) is 31.2 Å². The van der Waals surface area contributed by atoms with Crippen LogP contribution >= 0.6 is 0 Å². The van der Waals surface area contributed by atoms with Crippen LogP contribution in [0.15, 0.2) is 54.4 Å². The number of methoxy groups -OCH3 is 2. The van der Waals surface area contributed by atoms with E-state index in [1.165, 1.54) is 20.3 Å². The molecule has 3 amide bonds. The second kappa shape index (κ2) is 10.3. The van der Waals surface area contributed by atoms with E-state index in [9.17, 15) is 14.4 Å². The van der Waals surface area contributed by atoms with Crippen LogP contribution in [-0.4, -0.2) is 36.9 Å². The number of amides is 3. The second-order valence-corrected chi connectivity index (χ2v) is 5.63. The lowest BCUT2D eigenvalue weighted by atomic mass is 10.2. The average Bonchev–Trinajstić information content (AvgIpc) is 2.72. The summed E-state index contributed by atoms with van der Waals surface area (Å²) < 4.78 is 10.2. The molecule has 0 aliphatic heterocycles. The maximum atomic E-state index is 12.1. The number of ether oxygens (including phenoxy) is 2. The molecular formula is C19H21N5O5. The topological polar surface area (TPSA) is 131 Å². The van der Waals surface area contributed by atoms with Gasteiger partial charge in [-0.25, -0.2) is 4.98 Å². The molecule has 0 saturated carbocycles. The van der Waals surface area contributed by atoms with Crippen LogP contribution in [0.3, 0.4) is 0 Å². The standard InChI is InChI=1S/C19H21N5O5/c1-12(10-17(25)22-16-6-4-5-9-20-16)23-24-19(27)18(26)21-14-8-7-13(28-2)11-15(14)29-3/h4-11,23H,1-3H3,(H,21,26)(H,24,27)(H,20,22,25)/b12-10-. The van der Waals surface area contributed by atoms with Gasteiger partial charge in [0.15, 0.2) is 0 Å². The second-order valence-electron chi connectivity index (χ2n) is 5.63. The zero-order valence-electron chi connectivity index (χ0n) is 16.1. The van der Waals surface area contributed by atoms with Crippen molar-refractivity contribution in [1.82, 2.24) is 15.8 Å². The van der Waals surface area contributed by atoms with Gasteiger partial charge in [-0.2, -0.15) is 0 Å². The third kappa shape index (κ3) is 6.54. The van der Waals surface area contributed by atoms with E-state index >= 15 is 0 Å². The Hall–Kier alpha value is -4.08. The van der Waals surface area contributed by atoms with Crippen molar-refractivity contribution in [2.45, 2.75) is 6.92 Å². The van der Waals surface area contributed by atoms with Gasteiger partial charge in [0, 0.05) is 24.0 Å². The molecule has 0 unspecified atom stereocenters. The van der Waals surface area contributed by atoms with Gasteiger partial charge >= 0.3 is 11.8 Å². The molecule has 152 valence electrons. The zero-order valence-corrected chi connectivity index (χ0v) is 16.1. The van der Waals surface area contributed by atoms with Crippen molar-refractivity contribution in [1.29, 1.82) is 0 Å². The van der Waals surface area contributed by atoms with Crippen LogP contribution in [0.4, 0.5) is 11.5 Å². The maximum Gasteiger partial charge on any atom is 0.327 e. The molecule has 4 N–H and O–H groups in total. The first-order valence-electron chi connectivity index (χ1n) is 8.42. The minimum Gasteiger partial charge on any atom is -0.497 e. The van der Waals surface area contributed by atoms with Gasteiger partial charge in [0.2, 0.25) is 0 Å². The van der Waals surface area contributed by atoms with Crippen LogP contribution < -0.4 is 31.0 Å². The highest BCUT2D eigenvalue weighted by Gasteiger charge is 2.16. The van der Waals surface area contributed by atoms with Crippen molar-refractivity contribution < 1.29 is 23.9 Å². The SMILES string of the molecule is COc1ccc(NC(=O)C(=O)NN/C(C)=C\C(=O)Nc2ccccn2)c(OC)c1. The van der Waals surface area contributed by atoms with Gasteiger partial charge in [0.05, 0.1) is 19.9 Å². The number of carbonyl (C=O) groups excluding carboxylic acids is 3. The summed E-state index contributed by atoms with van der Waals surface area (Å²) in [5, 5.41) is 4.99. The number of pyridine rings is 1. The summed E-state index contributed by atoms with van der Waals surface area (Å²) in [6, 6.07) is 9.81. The molecule has 10 nitrogen and oxygen atoms in total. The largest absolute Gasteiger partial charge is 0.497 e. The Bertz CT molecular complexity index is 914. The Labute approximate surface area is 167 Å². The molecule has 1 heterocycles. The monoisotopic (exact) mass is 399 g/mol. The number of hydrogen-bond donors (Lipinski definition) is 4. The Morgan fingerprint density at radius 3 is 2.41 bits per heavy atom. The minimum atomic E-state index is -0.958. The quantitative estimate of drug-likeness (QED) is 0.313. The van der Waals surface area contributed by atoms with E-state index in [4.69, 9.17) is 9.47 Å². The van der Waals surface area contributed by atoms with Crippen LogP contribution in [0.1, 0.15) is 6.92 Å². The normalized spacial score (nSPS) is 10.5. The summed E-state index contributed by atoms with van der Waals surface area (Å²) in [5.41, 5.74) is 5.29. The van der Waals surface area contributed by atoms with Gasteiger partial charge in [0.1, 0.15) is 17.3 Å². The van der Waals surface area contributed by atoms with Crippen molar-refractivity contribution in [3.63, 3.8) is 0 Å². The fourth-order valence-electron chi connectivity index (χ4n) is 2.12. The lowest BCUT2D eigenvalue weighted by molar-refractivity contribution is -0.136. The number of rotatable bonds is 7. The molecule has 0 fully saturated rings. The van der Waals surface area contributed by atoms with E-state index in [2.05, 4.69) is 26.5 Å². The highest BCUT2D eigenvalue weighted by molar-refractivity contribution is 6.39. The highest BCUT2D eigenvalue weighted by Crippen LogP contribution is 2.28. The third-order valence-corrected chi connectivity index (χ3v) is 3.50. The third-order valence-electron chi connectivity index (χ3n) is 3.50. The van der Waals surface area contributed by atoms with Crippen molar-refractivity contribution in [3.05, 3.63) is 54.4 Å².